The van der Waals surface area contributed by atoms with Crippen LogP contribution in [-0.4, -0.2) is 11.0 Å². The average Bonchev–Trinajstić information content (AvgIpc) is 2.89. The Labute approximate surface area is 123 Å². The number of pyridine rings is 1. The van der Waals surface area contributed by atoms with Crippen LogP contribution in [0.4, 0.5) is 11.5 Å². The number of nitrogens with one attached hydrogen (secondary N) is 1. The second-order valence-electron chi connectivity index (χ2n) is 5.63. The molecule has 3 N–H and O–H groups in total. The number of rotatable bonds is 2. The second-order valence-corrected chi connectivity index (χ2v) is 5.63. The van der Waals surface area contributed by atoms with Crippen molar-refractivity contribution in [1.82, 2.24) is 4.98 Å². The summed E-state index contributed by atoms with van der Waals surface area (Å²) < 4.78 is 0. The van der Waals surface area contributed by atoms with Crippen LogP contribution in [0.25, 0.3) is 10.9 Å². The fraction of sp³-hybridized carbons (Fsp3) is 0.167. The van der Waals surface area contributed by atoms with E-state index in [4.69, 9.17) is 5.73 Å². The number of fused-ring (bicyclic) bond motifs is 2. The SMILES string of the molecule is Nc1cccc2nc(NC3Cc4ccccc4C3)ccc12. The average molecular weight is 275 g/mol. The Bertz CT molecular complexity index is 785. The summed E-state index contributed by atoms with van der Waals surface area (Å²) in [5.41, 5.74) is 10.6. The molecule has 0 bridgehead atoms. The molecule has 0 fully saturated rings. The van der Waals surface area contributed by atoms with Gasteiger partial charge in [0.05, 0.1) is 5.52 Å². The van der Waals surface area contributed by atoms with E-state index in [2.05, 4.69) is 34.6 Å². The third-order valence-electron chi connectivity index (χ3n) is 4.17. The van der Waals surface area contributed by atoms with Gasteiger partial charge in [-0.05, 0) is 48.2 Å². The quantitative estimate of drug-likeness (QED) is 0.705. The first kappa shape index (κ1) is 12.2. The van der Waals surface area contributed by atoms with Crippen molar-refractivity contribution < 1.29 is 0 Å². The normalized spacial score (nSPS) is 14.3. The molecule has 104 valence electrons. The largest absolute Gasteiger partial charge is 0.398 e. The molecule has 0 radical (unpaired) electrons. The predicted molar refractivity (Wildman–Crippen MR) is 87.4 cm³/mol. The van der Waals surface area contributed by atoms with Crippen LogP contribution in [-0.2, 0) is 12.8 Å². The van der Waals surface area contributed by atoms with E-state index in [1.54, 1.807) is 0 Å². The van der Waals surface area contributed by atoms with Crippen molar-refractivity contribution in [2.75, 3.05) is 11.1 Å². The number of nitrogens with zero attached hydrogens (tertiary/aromatic N) is 1. The molecule has 3 aromatic rings. The zero-order chi connectivity index (χ0) is 14.2. The van der Waals surface area contributed by atoms with Gasteiger partial charge in [0.2, 0.25) is 0 Å². The van der Waals surface area contributed by atoms with Gasteiger partial charge in [-0.3, -0.25) is 0 Å². The van der Waals surface area contributed by atoms with Crippen molar-refractivity contribution in [1.29, 1.82) is 0 Å². The van der Waals surface area contributed by atoms with Crippen LogP contribution in [0, 0.1) is 0 Å². The van der Waals surface area contributed by atoms with Crippen LogP contribution in [0.1, 0.15) is 11.1 Å². The Balaban J connectivity index is 1.59. The molecule has 0 saturated carbocycles. The van der Waals surface area contributed by atoms with E-state index in [-0.39, 0.29) is 0 Å². The molecule has 4 rings (SSSR count). The highest BCUT2D eigenvalue weighted by atomic mass is 15.0. The number of hydrogen-bond acceptors (Lipinski definition) is 3. The van der Waals surface area contributed by atoms with Crippen LogP contribution in [0.15, 0.2) is 54.6 Å². The molecule has 3 nitrogen and oxygen atoms in total. The van der Waals surface area contributed by atoms with E-state index in [0.717, 1.165) is 35.2 Å². The van der Waals surface area contributed by atoms with Crippen LogP contribution >= 0.6 is 0 Å². The van der Waals surface area contributed by atoms with Gasteiger partial charge >= 0.3 is 0 Å². The molecule has 21 heavy (non-hydrogen) atoms. The summed E-state index contributed by atoms with van der Waals surface area (Å²) in [6.07, 6.45) is 2.12. The van der Waals surface area contributed by atoms with Crippen LogP contribution in [0.5, 0.6) is 0 Å². The molecule has 1 heterocycles. The molecular weight excluding hydrogens is 258 g/mol. The minimum Gasteiger partial charge on any atom is -0.398 e. The van der Waals surface area contributed by atoms with Crippen LogP contribution < -0.4 is 11.1 Å². The van der Waals surface area contributed by atoms with Crippen molar-refractivity contribution in [2.24, 2.45) is 0 Å². The number of nitrogen functional groups attached to an aromatic ring is 1. The van der Waals surface area contributed by atoms with E-state index < -0.39 is 0 Å². The highest BCUT2D eigenvalue weighted by molar-refractivity contribution is 5.91. The maximum absolute atomic E-state index is 5.97. The van der Waals surface area contributed by atoms with E-state index in [1.807, 2.05) is 30.3 Å². The molecule has 0 atom stereocenters. The predicted octanol–water partition coefficient (Wildman–Crippen LogP) is 3.40. The van der Waals surface area contributed by atoms with Gasteiger partial charge in [-0.2, -0.15) is 0 Å². The molecule has 0 spiro atoms. The standard InChI is InChI=1S/C18H17N3/c19-16-6-3-7-17-15(16)8-9-18(21-17)20-14-10-12-4-1-2-5-13(12)11-14/h1-9,14H,10-11,19H2,(H,20,21). The minimum atomic E-state index is 0.424. The Hall–Kier alpha value is -2.55. The van der Waals surface area contributed by atoms with Gasteiger partial charge < -0.3 is 11.1 Å². The van der Waals surface area contributed by atoms with E-state index in [9.17, 15) is 0 Å². The fourth-order valence-electron chi connectivity index (χ4n) is 3.13. The smallest absolute Gasteiger partial charge is 0.126 e. The first-order valence-electron chi connectivity index (χ1n) is 7.28. The second kappa shape index (κ2) is 4.77. The van der Waals surface area contributed by atoms with Gasteiger partial charge in [0.1, 0.15) is 5.82 Å². The lowest BCUT2D eigenvalue weighted by Gasteiger charge is -2.13. The van der Waals surface area contributed by atoms with Gasteiger partial charge in [0.15, 0.2) is 0 Å². The molecule has 0 aliphatic heterocycles. The fourth-order valence-corrected chi connectivity index (χ4v) is 3.13. The summed E-state index contributed by atoms with van der Waals surface area (Å²) in [6, 6.07) is 19.0. The molecule has 0 amide bonds. The van der Waals surface area contributed by atoms with Gasteiger partial charge in [-0.15, -0.1) is 0 Å². The summed E-state index contributed by atoms with van der Waals surface area (Å²) in [5.74, 6) is 0.922. The Morgan fingerprint density at radius 3 is 2.43 bits per heavy atom. The lowest BCUT2D eigenvalue weighted by molar-refractivity contribution is 0.770. The van der Waals surface area contributed by atoms with E-state index in [1.165, 1.54) is 11.1 Å². The Morgan fingerprint density at radius 1 is 0.905 bits per heavy atom. The van der Waals surface area contributed by atoms with Crippen molar-refractivity contribution in [3.8, 4) is 0 Å². The topological polar surface area (TPSA) is 50.9 Å². The highest BCUT2D eigenvalue weighted by Gasteiger charge is 2.20. The monoisotopic (exact) mass is 275 g/mol. The van der Waals surface area contributed by atoms with E-state index in [0.29, 0.717) is 6.04 Å². The maximum atomic E-state index is 5.97. The molecule has 0 unspecified atom stereocenters. The van der Waals surface area contributed by atoms with E-state index >= 15 is 0 Å². The van der Waals surface area contributed by atoms with Gasteiger partial charge in [-0.1, -0.05) is 30.3 Å². The van der Waals surface area contributed by atoms with Gasteiger partial charge in [0.25, 0.3) is 0 Å². The number of nitrogens with two attached hydrogens (primary N) is 1. The highest BCUT2D eigenvalue weighted by Crippen LogP contribution is 2.25. The van der Waals surface area contributed by atoms with Crippen LogP contribution in [0.3, 0.4) is 0 Å². The molecular formula is C18H17N3. The molecule has 3 heteroatoms. The number of aromatic nitrogens is 1. The van der Waals surface area contributed by atoms with Crippen molar-refractivity contribution in [2.45, 2.75) is 18.9 Å². The van der Waals surface area contributed by atoms with Gasteiger partial charge in [0, 0.05) is 17.1 Å². The van der Waals surface area contributed by atoms with Crippen molar-refractivity contribution in [3.63, 3.8) is 0 Å². The molecule has 0 saturated heterocycles. The lowest BCUT2D eigenvalue weighted by atomic mass is 10.1. The first-order valence-corrected chi connectivity index (χ1v) is 7.28. The summed E-state index contributed by atoms with van der Waals surface area (Å²) in [4.78, 5) is 4.67. The summed E-state index contributed by atoms with van der Waals surface area (Å²) in [6.45, 7) is 0. The summed E-state index contributed by atoms with van der Waals surface area (Å²) >= 11 is 0. The number of anilines is 2. The van der Waals surface area contributed by atoms with Crippen LogP contribution in [0.2, 0.25) is 0 Å². The first-order chi connectivity index (χ1) is 10.3. The lowest BCUT2D eigenvalue weighted by Crippen LogP contribution is -2.20. The Kier molecular flexibility index (Phi) is 2.78. The zero-order valence-corrected chi connectivity index (χ0v) is 11.7. The van der Waals surface area contributed by atoms with Crippen molar-refractivity contribution >= 4 is 22.4 Å². The molecule has 1 aliphatic rings. The molecule has 1 aliphatic carbocycles. The maximum Gasteiger partial charge on any atom is 0.126 e. The molecule has 1 aromatic heterocycles. The van der Waals surface area contributed by atoms with Crippen molar-refractivity contribution in [3.05, 3.63) is 65.7 Å². The summed E-state index contributed by atoms with van der Waals surface area (Å²) in [5, 5.41) is 4.56. The molecule has 2 aromatic carbocycles. The Morgan fingerprint density at radius 2 is 1.67 bits per heavy atom. The third-order valence-corrected chi connectivity index (χ3v) is 4.17. The third kappa shape index (κ3) is 2.21. The zero-order valence-electron chi connectivity index (χ0n) is 11.7. The van der Waals surface area contributed by atoms with Gasteiger partial charge in [-0.25, -0.2) is 4.98 Å². The minimum absolute atomic E-state index is 0.424. The number of benzene rings is 2. The summed E-state index contributed by atoms with van der Waals surface area (Å²) in [7, 11) is 0. The number of hydrogen-bond donors (Lipinski definition) is 2.